The molecule has 0 fully saturated rings. The molecule has 1 aromatic heterocycles. The van der Waals surface area contributed by atoms with Crippen LogP contribution >= 0.6 is 11.6 Å². The van der Waals surface area contributed by atoms with Crippen LogP contribution in [0, 0.1) is 5.82 Å². The number of methoxy groups -OCH3 is 1. The number of halogens is 2. The first-order chi connectivity index (χ1) is 9.11. The van der Waals surface area contributed by atoms with E-state index < -0.39 is 11.8 Å². The molecule has 6 nitrogen and oxygen atoms in total. The van der Waals surface area contributed by atoms with Crippen LogP contribution in [-0.4, -0.2) is 33.3 Å². The average Bonchev–Trinajstić information content (AvgIpc) is 2.93. The standard InChI is InChI=1S/C11H8ClFN4O2/c1-19-11(18)3-2-7-4-8(12)9(13)5-10(7)17-6-14-15-16-17/h2-6H,1H3/b3-2+. The van der Waals surface area contributed by atoms with E-state index in [1.807, 2.05) is 0 Å². The maximum atomic E-state index is 13.5. The molecule has 0 radical (unpaired) electrons. The fraction of sp³-hybridized carbons (Fsp3) is 0.0909. The van der Waals surface area contributed by atoms with Gasteiger partial charge in [0.05, 0.1) is 17.8 Å². The maximum absolute atomic E-state index is 13.5. The Bertz CT molecular complexity index is 628. The molecule has 0 aliphatic rings. The smallest absolute Gasteiger partial charge is 0.330 e. The van der Waals surface area contributed by atoms with E-state index >= 15 is 0 Å². The molecule has 0 amide bonds. The molecule has 0 unspecified atom stereocenters. The largest absolute Gasteiger partial charge is 0.466 e. The van der Waals surface area contributed by atoms with Crippen LogP contribution in [0.3, 0.4) is 0 Å². The molecule has 0 atom stereocenters. The Morgan fingerprint density at radius 1 is 1.53 bits per heavy atom. The summed E-state index contributed by atoms with van der Waals surface area (Å²) in [4.78, 5) is 11.1. The van der Waals surface area contributed by atoms with Gasteiger partial charge in [-0.3, -0.25) is 0 Å². The van der Waals surface area contributed by atoms with Crippen LogP contribution in [0.4, 0.5) is 4.39 Å². The lowest BCUT2D eigenvalue weighted by Gasteiger charge is -2.06. The van der Waals surface area contributed by atoms with Crippen LogP contribution in [0.5, 0.6) is 0 Å². The number of hydrogen-bond acceptors (Lipinski definition) is 5. The van der Waals surface area contributed by atoms with Gasteiger partial charge in [0.1, 0.15) is 12.1 Å². The summed E-state index contributed by atoms with van der Waals surface area (Å²) < 4.78 is 19.2. The van der Waals surface area contributed by atoms with Gasteiger partial charge in [-0.2, -0.15) is 4.68 Å². The van der Waals surface area contributed by atoms with E-state index in [1.165, 1.54) is 42.4 Å². The van der Waals surface area contributed by atoms with Gasteiger partial charge < -0.3 is 4.74 Å². The maximum Gasteiger partial charge on any atom is 0.330 e. The molecule has 2 rings (SSSR count). The summed E-state index contributed by atoms with van der Waals surface area (Å²) >= 11 is 5.71. The van der Waals surface area contributed by atoms with Gasteiger partial charge in [-0.25, -0.2) is 9.18 Å². The van der Waals surface area contributed by atoms with Gasteiger partial charge in [-0.1, -0.05) is 11.6 Å². The van der Waals surface area contributed by atoms with Crippen LogP contribution < -0.4 is 0 Å². The van der Waals surface area contributed by atoms with E-state index in [-0.39, 0.29) is 5.02 Å². The highest BCUT2D eigenvalue weighted by Crippen LogP contribution is 2.23. The zero-order chi connectivity index (χ0) is 13.8. The number of ether oxygens (including phenoxy) is 1. The molecule has 0 bridgehead atoms. The number of esters is 1. The topological polar surface area (TPSA) is 69.9 Å². The zero-order valence-electron chi connectivity index (χ0n) is 9.75. The van der Waals surface area contributed by atoms with Gasteiger partial charge in [0.2, 0.25) is 0 Å². The monoisotopic (exact) mass is 282 g/mol. The molecule has 8 heteroatoms. The van der Waals surface area contributed by atoms with E-state index in [0.717, 1.165) is 0 Å². The van der Waals surface area contributed by atoms with Crippen LogP contribution in [0.15, 0.2) is 24.5 Å². The highest BCUT2D eigenvalue weighted by Gasteiger charge is 2.10. The lowest BCUT2D eigenvalue weighted by atomic mass is 10.1. The van der Waals surface area contributed by atoms with Crippen molar-refractivity contribution in [2.75, 3.05) is 7.11 Å². The lowest BCUT2D eigenvalue weighted by Crippen LogP contribution is -2.00. The Hall–Kier alpha value is -2.28. The van der Waals surface area contributed by atoms with Crippen LogP contribution in [0.2, 0.25) is 5.02 Å². The number of nitrogens with zero attached hydrogens (tertiary/aromatic N) is 4. The molecule has 0 saturated heterocycles. The van der Waals surface area contributed by atoms with Gasteiger partial charge in [0.25, 0.3) is 0 Å². The summed E-state index contributed by atoms with van der Waals surface area (Å²) in [6, 6.07) is 2.54. The molecule has 0 aliphatic carbocycles. The summed E-state index contributed by atoms with van der Waals surface area (Å²) in [5.41, 5.74) is 0.830. The first-order valence-corrected chi connectivity index (χ1v) is 5.48. The second kappa shape index (κ2) is 5.57. The van der Waals surface area contributed by atoms with Crippen molar-refractivity contribution in [2.24, 2.45) is 0 Å². The van der Waals surface area contributed by atoms with E-state index in [1.54, 1.807) is 0 Å². The number of tetrazole rings is 1. The number of aromatic nitrogens is 4. The Labute approximate surface area is 112 Å². The molecular weight excluding hydrogens is 275 g/mol. The number of benzene rings is 1. The van der Waals surface area contributed by atoms with Crippen LogP contribution in [-0.2, 0) is 9.53 Å². The first-order valence-electron chi connectivity index (χ1n) is 5.10. The summed E-state index contributed by atoms with van der Waals surface area (Å²) in [5.74, 6) is -1.15. The molecule has 19 heavy (non-hydrogen) atoms. The van der Waals surface area contributed by atoms with Gasteiger partial charge in [-0.05, 0) is 22.6 Å². The SMILES string of the molecule is COC(=O)/C=C/c1cc(Cl)c(F)cc1-n1cnnn1. The van der Waals surface area contributed by atoms with Crippen LogP contribution in [0.1, 0.15) is 5.56 Å². The quantitative estimate of drug-likeness (QED) is 0.632. The Morgan fingerprint density at radius 3 is 2.95 bits per heavy atom. The second-order valence-corrected chi connectivity index (χ2v) is 3.84. The predicted octanol–water partition coefficient (Wildman–Crippen LogP) is 1.64. The fourth-order valence-corrected chi connectivity index (χ4v) is 1.55. The van der Waals surface area contributed by atoms with Crippen molar-refractivity contribution in [1.29, 1.82) is 0 Å². The number of carbonyl (C=O) groups excluding carboxylic acids is 1. The molecular formula is C11H8ClFN4O2. The number of rotatable bonds is 3. The zero-order valence-corrected chi connectivity index (χ0v) is 10.5. The third-order valence-corrected chi connectivity index (χ3v) is 2.56. The average molecular weight is 283 g/mol. The molecule has 0 spiro atoms. The lowest BCUT2D eigenvalue weighted by molar-refractivity contribution is -0.134. The van der Waals surface area contributed by atoms with Gasteiger partial charge in [0, 0.05) is 17.7 Å². The van der Waals surface area contributed by atoms with Crippen molar-refractivity contribution < 1.29 is 13.9 Å². The van der Waals surface area contributed by atoms with Gasteiger partial charge in [0.15, 0.2) is 0 Å². The van der Waals surface area contributed by atoms with Crippen molar-refractivity contribution in [3.8, 4) is 5.69 Å². The highest BCUT2D eigenvalue weighted by atomic mass is 35.5. The van der Waals surface area contributed by atoms with E-state index in [4.69, 9.17) is 11.6 Å². The van der Waals surface area contributed by atoms with Gasteiger partial charge >= 0.3 is 5.97 Å². The minimum Gasteiger partial charge on any atom is -0.466 e. The minimum absolute atomic E-state index is 0.0682. The van der Waals surface area contributed by atoms with Crippen LogP contribution in [0.25, 0.3) is 11.8 Å². The van der Waals surface area contributed by atoms with Crippen molar-refractivity contribution in [3.05, 3.63) is 40.9 Å². The minimum atomic E-state index is -0.609. The molecule has 0 saturated carbocycles. The van der Waals surface area contributed by atoms with Crippen molar-refractivity contribution in [2.45, 2.75) is 0 Å². The van der Waals surface area contributed by atoms with Crippen molar-refractivity contribution in [1.82, 2.24) is 20.2 Å². The number of carbonyl (C=O) groups is 1. The number of hydrogen-bond donors (Lipinski definition) is 0. The second-order valence-electron chi connectivity index (χ2n) is 3.44. The summed E-state index contributed by atoms with van der Waals surface area (Å²) in [5, 5.41) is 10.5. The third-order valence-electron chi connectivity index (χ3n) is 2.27. The molecule has 98 valence electrons. The summed E-state index contributed by atoms with van der Waals surface area (Å²) in [6.45, 7) is 0. The predicted molar refractivity (Wildman–Crippen MR) is 65.2 cm³/mol. The normalized spacial score (nSPS) is 10.9. The molecule has 0 N–H and O–H groups in total. The Balaban J connectivity index is 2.49. The summed E-state index contributed by atoms with van der Waals surface area (Å²) in [6.07, 6.45) is 3.93. The molecule has 2 aromatic rings. The van der Waals surface area contributed by atoms with E-state index in [2.05, 4.69) is 20.3 Å². The van der Waals surface area contributed by atoms with Gasteiger partial charge in [-0.15, -0.1) is 5.10 Å². The molecule has 1 aromatic carbocycles. The Kier molecular flexibility index (Phi) is 3.86. The molecule has 1 heterocycles. The van der Waals surface area contributed by atoms with E-state index in [0.29, 0.717) is 11.3 Å². The van der Waals surface area contributed by atoms with Crippen molar-refractivity contribution >= 4 is 23.6 Å². The highest BCUT2D eigenvalue weighted by molar-refractivity contribution is 6.31. The van der Waals surface area contributed by atoms with Crippen molar-refractivity contribution in [3.63, 3.8) is 0 Å². The first kappa shape index (κ1) is 13.2. The fourth-order valence-electron chi connectivity index (χ4n) is 1.38. The Morgan fingerprint density at radius 2 is 2.32 bits per heavy atom. The molecule has 0 aliphatic heterocycles. The van der Waals surface area contributed by atoms with E-state index in [9.17, 15) is 9.18 Å². The third kappa shape index (κ3) is 2.94. The summed E-state index contributed by atoms with van der Waals surface area (Å²) in [7, 11) is 1.26.